The number of likely N-dealkylation sites (tertiary alicyclic amines) is 1. The molecule has 0 unspecified atom stereocenters. The molecule has 1 aliphatic heterocycles. The molecule has 7 atom stereocenters. The van der Waals surface area contributed by atoms with E-state index in [4.69, 9.17) is 4.74 Å². The molecule has 0 N–H and O–H groups in total. The van der Waals surface area contributed by atoms with Gasteiger partial charge in [-0.3, -0.25) is 4.79 Å². The predicted octanol–water partition coefficient (Wildman–Crippen LogP) is 5.82. The van der Waals surface area contributed by atoms with Crippen molar-refractivity contribution >= 4 is 5.91 Å². The lowest BCUT2D eigenvalue weighted by Crippen LogP contribution is -2.61. The third-order valence-corrected chi connectivity index (χ3v) is 9.79. The van der Waals surface area contributed by atoms with Gasteiger partial charge in [0.25, 0.3) is 0 Å². The third kappa shape index (κ3) is 3.24. The van der Waals surface area contributed by atoms with E-state index >= 15 is 0 Å². The normalized spacial score (nSPS) is 45.5. The number of hydrogen-bond donors (Lipinski definition) is 0. The fourth-order valence-corrected chi connectivity index (χ4v) is 8.13. The number of piperidine rings is 1. The minimum absolute atomic E-state index is 0.339. The first kappa shape index (κ1) is 20.7. The highest BCUT2D eigenvalue weighted by molar-refractivity contribution is 5.77. The first-order valence-corrected chi connectivity index (χ1v) is 12.3. The maximum Gasteiger partial charge on any atom is 0.222 e. The standard InChI is InChI=1S/C25H43NO2/c1-5-6-7-8-17-28-22-12-10-19-18-9-11-21-24(2,16-14-23(27)26(21)4)20(18)13-15-25(19,22)3/h18-22H,5-17H2,1-4H3/t18-,19-,20-,21+,22-,24+,25-/m0/s1. The van der Waals surface area contributed by atoms with Gasteiger partial charge in [0.15, 0.2) is 0 Å². The van der Waals surface area contributed by atoms with Crippen molar-refractivity contribution in [2.24, 2.45) is 28.6 Å². The van der Waals surface area contributed by atoms with Gasteiger partial charge in [-0.2, -0.15) is 0 Å². The Labute approximate surface area is 173 Å². The average Bonchev–Trinajstić information content (AvgIpc) is 3.01. The Kier molecular flexibility index (Phi) is 5.86. The molecule has 0 bridgehead atoms. The lowest BCUT2D eigenvalue weighted by Gasteiger charge is -2.61. The monoisotopic (exact) mass is 389 g/mol. The summed E-state index contributed by atoms with van der Waals surface area (Å²) in [5.74, 6) is 2.88. The van der Waals surface area contributed by atoms with E-state index in [-0.39, 0.29) is 0 Å². The fourth-order valence-electron chi connectivity index (χ4n) is 8.13. The molecule has 28 heavy (non-hydrogen) atoms. The largest absolute Gasteiger partial charge is 0.378 e. The van der Waals surface area contributed by atoms with Gasteiger partial charge in [0.05, 0.1) is 6.10 Å². The van der Waals surface area contributed by atoms with Gasteiger partial charge in [-0.25, -0.2) is 0 Å². The molecule has 3 saturated carbocycles. The summed E-state index contributed by atoms with van der Waals surface area (Å²) >= 11 is 0. The van der Waals surface area contributed by atoms with Crippen LogP contribution in [0, 0.1) is 28.6 Å². The summed E-state index contributed by atoms with van der Waals surface area (Å²) in [6.45, 7) is 8.32. The van der Waals surface area contributed by atoms with Crippen molar-refractivity contribution < 1.29 is 9.53 Å². The second-order valence-corrected chi connectivity index (χ2v) is 11.0. The van der Waals surface area contributed by atoms with Crippen molar-refractivity contribution in [3.8, 4) is 0 Å². The lowest BCUT2D eigenvalue weighted by atomic mass is 9.47. The molecule has 4 aliphatic rings. The Hall–Kier alpha value is -0.570. The van der Waals surface area contributed by atoms with Crippen LogP contribution < -0.4 is 0 Å². The van der Waals surface area contributed by atoms with Gasteiger partial charge < -0.3 is 9.64 Å². The molecule has 0 aromatic rings. The van der Waals surface area contributed by atoms with E-state index in [2.05, 4.69) is 32.7 Å². The number of carbonyl (C=O) groups excluding carboxylic acids is 1. The molecule has 1 saturated heterocycles. The van der Waals surface area contributed by atoms with Crippen LogP contribution in [-0.2, 0) is 9.53 Å². The number of fused-ring (bicyclic) bond motifs is 5. The summed E-state index contributed by atoms with van der Waals surface area (Å²) < 4.78 is 6.51. The Balaban J connectivity index is 1.44. The molecule has 0 aromatic carbocycles. The maximum atomic E-state index is 12.3. The van der Waals surface area contributed by atoms with Gasteiger partial charge in [0.1, 0.15) is 0 Å². The van der Waals surface area contributed by atoms with E-state index in [0.717, 1.165) is 37.2 Å². The van der Waals surface area contributed by atoms with Crippen LogP contribution in [0.2, 0.25) is 0 Å². The highest BCUT2D eigenvalue weighted by atomic mass is 16.5. The Morgan fingerprint density at radius 3 is 2.54 bits per heavy atom. The molecule has 1 heterocycles. The number of rotatable bonds is 6. The minimum atomic E-state index is 0.339. The summed E-state index contributed by atoms with van der Waals surface area (Å²) in [7, 11) is 2.07. The van der Waals surface area contributed by atoms with Crippen molar-refractivity contribution in [3.05, 3.63) is 0 Å². The number of carbonyl (C=O) groups is 1. The number of amides is 1. The average molecular weight is 390 g/mol. The summed E-state index contributed by atoms with van der Waals surface area (Å²) in [6, 6.07) is 0.478. The van der Waals surface area contributed by atoms with Crippen LogP contribution >= 0.6 is 0 Å². The van der Waals surface area contributed by atoms with Gasteiger partial charge in [-0.15, -0.1) is 0 Å². The topological polar surface area (TPSA) is 29.5 Å². The van der Waals surface area contributed by atoms with E-state index in [1.165, 1.54) is 64.2 Å². The van der Waals surface area contributed by atoms with Crippen molar-refractivity contribution in [1.82, 2.24) is 4.90 Å². The van der Waals surface area contributed by atoms with Gasteiger partial charge in [-0.05, 0) is 80.0 Å². The molecule has 3 nitrogen and oxygen atoms in total. The van der Waals surface area contributed by atoms with Crippen molar-refractivity contribution in [2.45, 2.75) is 110 Å². The molecule has 4 fully saturated rings. The SMILES string of the molecule is CCCCCCO[C@H]1CC[C@H]2[C@@H]3CC[C@H]4N(C)C(=O)CC[C@]4(C)[C@H]3CC[C@]12C. The Bertz CT molecular complexity index is 577. The fraction of sp³-hybridized carbons (Fsp3) is 0.960. The second-order valence-electron chi connectivity index (χ2n) is 11.0. The first-order valence-electron chi connectivity index (χ1n) is 12.3. The quantitative estimate of drug-likeness (QED) is 0.536. The van der Waals surface area contributed by atoms with E-state index in [1.807, 2.05) is 0 Å². The molecule has 0 spiro atoms. The Morgan fingerprint density at radius 2 is 1.75 bits per heavy atom. The van der Waals surface area contributed by atoms with Crippen molar-refractivity contribution in [1.29, 1.82) is 0 Å². The van der Waals surface area contributed by atoms with Gasteiger partial charge in [0.2, 0.25) is 5.91 Å². The Morgan fingerprint density at radius 1 is 0.964 bits per heavy atom. The molecule has 0 aromatic heterocycles. The van der Waals surface area contributed by atoms with Crippen molar-refractivity contribution in [2.75, 3.05) is 13.7 Å². The number of unbranched alkanes of at least 4 members (excludes halogenated alkanes) is 3. The molecular formula is C25H43NO2. The summed E-state index contributed by atoms with van der Waals surface area (Å²) in [5, 5.41) is 0. The highest BCUT2D eigenvalue weighted by Crippen LogP contribution is 2.65. The summed E-state index contributed by atoms with van der Waals surface area (Å²) in [5.41, 5.74) is 0.734. The molecular weight excluding hydrogens is 346 g/mol. The van der Waals surface area contributed by atoms with Gasteiger partial charge >= 0.3 is 0 Å². The number of hydrogen-bond acceptors (Lipinski definition) is 2. The van der Waals surface area contributed by atoms with E-state index < -0.39 is 0 Å². The molecule has 4 rings (SSSR count). The lowest BCUT2D eigenvalue weighted by molar-refractivity contribution is -0.161. The van der Waals surface area contributed by atoms with Crippen LogP contribution in [0.25, 0.3) is 0 Å². The molecule has 1 amide bonds. The van der Waals surface area contributed by atoms with Crippen LogP contribution in [0.3, 0.4) is 0 Å². The van der Waals surface area contributed by atoms with E-state index in [0.29, 0.717) is 28.9 Å². The molecule has 3 heteroatoms. The minimum Gasteiger partial charge on any atom is -0.378 e. The highest BCUT2D eigenvalue weighted by Gasteiger charge is 2.61. The predicted molar refractivity (Wildman–Crippen MR) is 114 cm³/mol. The smallest absolute Gasteiger partial charge is 0.222 e. The molecule has 3 aliphatic carbocycles. The zero-order valence-corrected chi connectivity index (χ0v) is 18.8. The van der Waals surface area contributed by atoms with Crippen LogP contribution in [0.15, 0.2) is 0 Å². The van der Waals surface area contributed by atoms with E-state index in [1.54, 1.807) is 0 Å². The first-order chi connectivity index (χ1) is 13.4. The zero-order chi connectivity index (χ0) is 19.9. The van der Waals surface area contributed by atoms with Crippen LogP contribution in [0.5, 0.6) is 0 Å². The molecule has 160 valence electrons. The van der Waals surface area contributed by atoms with Crippen molar-refractivity contribution in [3.63, 3.8) is 0 Å². The summed E-state index contributed by atoms with van der Waals surface area (Å²) in [4.78, 5) is 14.4. The maximum absolute atomic E-state index is 12.3. The van der Waals surface area contributed by atoms with Gasteiger partial charge in [0, 0.05) is 26.1 Å². The summed E-state index contributed by atoms with van der Waals surface area (Å²) in [6.07, 6.45) is 15.4. The third-order valence-electron chi connectivity index (χ3n) is 9.79. The van der Waals surface area contributed by atoms with E-state index in [9.17, 15) is 4.79 Å². The molecule has 0 radical (unpaired) electrons. The van der Waals surface area contributed by atoms with Gasteiger partial charge in [-0.1, -0.05) is 40.0 Å². The van der Waals surface area contributed by atoms with Crippen LogP contribution in [0.1, 0.15) is 97.8 Å². The number of nitrogens with zero attached hydrogens (tertiary/aromatic N) is 1. The zero-order valence-electron chi connectivity index (χ0n) is 18.8. The van der Waals surface area contributed by atoms with Crippen LogP contribution in [0.4, 0.5) is 0 Å². The second kappa shape index (κ2) is 7.93. The number of ether oxygens (including phenoxy) is 1. The van der Waals surface area contributed by atoms with Crippen LogP contribution in [-0.4, -0.2) is 36.6 Å².